The van der Waals surface area contributed by atoms with E-state index in [1.807, 2.05) is 0 Å². The number of thiophene rings is 1. The van der Waals surface area contributed by atoms with E-state index in [9.17, 15) is 9.59 Å². The van der Waals surface area contributed by atoms with Crippen LogP contribution in [0.1, 0.15) is 20.8 Å². The Bertz CT molecular complexity index is 712. The molecule has 2 N–H and O–H groups in total. The molecular weight excluding hydrogens is 333 g/mol. The number of carboxylic acids is 1. The second-order valence-corrected chi connectivity index (χ2v) is 6.10. The summed E-state index contributed by atoms with van der Waals surface area (Å²) in [5.41, 5.74) is 1.77. The Morgan fingerprint density at radius 1 is 1.29 bits per heavy atom. The minimum Gasteiger partial charge on any atom is -0.477 e. The lowest BCUT2D eigenvalue weighted by Gasteiger charge is -2.07. The number of carbonyl (C=O) groups is 2. The molecule has 1 amide bonds. The number of hydrogen-bond donors (Lipinski definition) is 2. The van der Waals surface area contributed by atoms with Crippen LogP contribution < -0.4 is 5.32 Å². The summed E-state index contributed by atoms with van der Waals surface area (Å²) in [6, 6.07) is 4.93. The molecule has 1 aromatic heterocycles. The van der Waals surface area contributed by atoms with Crippen LogP contribution in [0.15, 0.2) is 23.6 Å². The van der Waals surface area contributed by atoms with Gasteiger partial charge in [0.15, 0.2) is 0 Å². The molecule has 7 heteroatoms. The number of anilines is 1. The molecular formula is C14H11Cl2NO3S. The first kappa shape index (κ1) is 15.8. The van der Waals surface area contributed by atoms with E-state index in [-0.39, 0.29) is 17.2 Å². The first-order chi connectivity index (χ1) is 9.88. The molecule has 0 spiro atoms. The standard InChI is InChI=1S/C14H11Cl2NO3S/c1-7-6-21-13(14(19)20)12(7)17-11(18)5-8-2-3-9(15)10(16)4-8/h2-4,6H,5H2,1H3,(H,17,18)(H,19,20). The number of halogens is 2. The molecule has 21 heavy (non-hydrogen) atoms. The van der Waals surface area contributed by atoms with E-state index in [4.69, 9.17) is 28.3 Å². The maximum absolute atomic E-state index is 12.0. The monoisotopic (exact) mass is 343 g/mol. The molecule has 1 aromatic carbocycles. The van der Waals surface area contributed by atoms with Gasteiger partial charge in [-0.1, -0.05) is 29.3 Å². The molecule has 0 fully saturated rings. The van der Waals surface area contributed by atoms with Crippen molar-refractivity contribution in [3.05, 3.63) is 49.6 Å². The van der Waals surface area contributed by atoms with E-state index in [0.717, 1.165) is 16.9 Å². The molecule has 0 aliphatic carbocycles. The normalized spacial score (nSPS) is 10.4. The van der Waals surface area contributed by atoms with Gasteiger partial charge in [-0.05, 0) is 35.6 Å². The summed E-state index contributed by atoms with van der Waals surface area (Å²) < 4.78 is 0. The molecule has 0 radical (unpaired) electrons. The van der Waals surface area contributed by atoms with Crippen LogP contribution in [0, 0.1) is 6.92 Å². The summed E-state index contributed by atoms with van der Waals surface area (Å²) in [6.45, 7) is 1.75. The fourth-order valence-corrected chi connectivity index (χ4v) is 2.94. The van der Waals surface area contributed by atoms with Crippen LogP contribution in [0.3, 0.4) is 0 Å². The van der Waals surface area contributed by atoms with Gasteiger partial charge < -0.3 is 10.4 Å². The van der Waals surface area contributed by atoms with Crippen molar-refractivity contribution in [2.45, 2.75) is 13.3 Å². The van der Waals surface area contributed by atoms with E-state index >= 15 is 0 Å². The minimum absolute atomic E-state index is 0.0885. The molecule has 110 valence electrons. The number of carboxylic acid groups (broad SMARTS) is 1. The molecule has 2 rings (SSSR count). The van der Waals surface area contributed by atoms with Crippen LogP contribution in [0.2, 0.25) is 10.0 Å². The van der Waals surface area contributed by atoms with Gasteiger partial charge >= 0.3 is 5.97 Å². The van der Waals surface area contributed by atoms with Crippen molar-refractivity contribution in [1.82, 2.24) is 0 Å². The third kappa shape index (κ3) is 3.75. The predicted octanol–water partition coefficient (Wildman–Crippen LogP) is 4.24. The number of benzene rings is 1. The van der Waals surface area contributed by atoms with Crippen molar-refractivity contribution < 1.29 is 14.7 Å². The summed E-state index contributed by atoms with van der Waals surface area (Å²) in [5.74, 6) is -1.37. The lowest BCUT2D eigenvalue weighted by Crippen LogP contribution is -2.16. The summed E-state index contributed by atoms with van der Waals surface area (Å²) in [4.78, 5) is 23.2. The third-order valence-electron chi connectivity index (χ3n) is 2.78. The quantitative estimate of drug-likeness (QED) is 0.872. The van der Waals surface area contributed by atoms with E-state index < -0.39 is 5.97 Å². The molecule has 1 heterocycles. The van der Waals surface area contributed by atoms with Gasteiger partial charge in [-0.2, -0.15) is 0 Å². The smallest absolute Gasteiger partial charge is 0.348 e. The van der Waals surface area contributed by atoms with E-state index in [1.54, 1.807) is 30.5 Å². The number of carbonyl (C=O) groups excluding carboxylic acids is 1. The van der Waals surface area contributed by atoms with E-state index in [2.05, 4.69) is 5.32 Å². The zero-order valence-electron chi connectivity index (χ0n) is 10.9. The van der Waals surface area contributed by atoms with E-state index in [1.165, 1.54) is 0 Å². The molecule has 0 saturated heterocycles. The van der Waals surface area contributed by atoms with Gasteiger partial charge in [-0.15, -0.1) is 11.3 Å². The van der Waals surface area contributed by atoms with Crippen LogP contribution in [0.5, 0.6) is 0 Å². The molecule has 2 aromatic rings. The third-order valence-corrected chi connectivity index (χ3v) is 4.61. The molecule has 0 unspecified atom stereocenters. The van der Waals surface area contributed by atoms with Gasteiger partial charge in [0.25, 0.3) is 0 Å². The summed E-state index contributed by atoms with van der Waals surface area (Å²) in [7, 11) is 0. The number of aryl methyl sites for hydroxylation is 1. The Morgan fingerprint density at radius 2 is 2.00 bits per heavy atom. The predicted molar refractivity (Wildman–Crippen MR) is 84.8 cm³/mol. The number of amides is 1. The van der Waals surface area contributed by atoms with Gasteiger partial charge in [-0.3, -0.25) is 4.79 Å². The first-order valence-electron chi connectivity index (χ1n) is 5.93. The van der Waals surface area contributed by atoms with Crippen LogP contribution in [0.4, 0.5) is 5.69 Å². The molecule has 0 aliphatic rings. The van der Waals surface area contributed by atoms with Gasteiger partial charge in [0.05, 0.1) is 22.2 Å². The van der Waals surface area contributed by atoms with Crippen LogP contribution in [-0.2, 0) is 11.2 Å². The van der Waals surface area contributed by atoms with Crippen molar-refractivity contribution in [3.63, 3.8) is 0 Å². The lowest BCUT2D eigenvalue weighted by atomic mass is 10.1. The van der Waals surface area contributed by atoms with Crippen LogP contribution in [0.25, 0.3) is 0 Å². The molecule has 0 atom stereocenters. The first-order valence-corrected chi connectivity index (χ1v) is 7.57. The molecule has 0 aliphatic heterocycles. The SMILES string of the molecule is Cc1csc(C(=O)O)c1NC(=O)Cc1ccc(Cl)c(Cl)c1. The highest BCUT2D eigenvalue weighted by molar-refractivity contribution is 7.12. The maximum Gasteiger partial charge on any atom is 0.348 e. The number of hydrogen-bond acceptors (Lipinski definition) is 3. The number of rotatable bonds is 4. The molecule has 4 nitrogen and oxygen atoms in total. The summed E-state index contributed by atoms with van der Waals surface area (Å²) in [5, 5.41) is 14.2. The lowest BCUT2D eigenvalue weighted by molar-refractivity contribution is -0.115. The van der Waals surface area contributed by atoms with Crippen molar-refractivity contribution in [3.8, 4) is 0 Å². The van der Waals surface area contributed by atoms with Gasteiger partial charge in [0.1, 0.15) is 4.88 Å². The van der Waals surface area contributed by atoms with Crippen molar-refractivity contribution >= 4 is 52.1 Å². The Balaban J connectivity index is 2.13. The highest BCUT2D eigenvalue weighted by Gasteiger charge is 2.17. The van der Waals surface area contributed by atoms with Crippen molar-refractivity contribution in [1.29, 1.82) is 0 Å². The molecule has 0 bridgehead atoms. The van der Waals surface area contributed by atoms with Crippen LogP contribution >= 0.6 is 34.5 Å². The highest BCUT2D eigenvalue weighted by Crippen LogP contribution is 2.28. The Hall–Kier alpha value is -1.56. The van der Waals surface area contributed by atoms with Gasteiger partial charge in [0.2, 0.25) is 5.91 Å². The number of nitrogens with one attached hydrogen (secondary N) is 1. The average Bonchev–Trinajstić information content (AvgIpc) is 2.76. The summed E-state index contributed by atoms with van der Waals surface area (Å²) in [6.07, 6.45) is 0.0885. The Labute approximate surface area is 135 Å². The largest absolute Gasteiger partial charge is 0.477 e. The van der Waals surface area contributed by atoms with Crippen LogP contribution in [-0.4, -0.2) is 17.0 Å². The van der Waals surface area contributed by atoms with Gasteiger partial charge in [0, 0.05) is 0 Å². The second kappa shape index (κ2) is 6.47. The maximum atomic E-state index is 12.0. The summed E-state index contributed by atoms with van der Waals surface area (Å²) >= 11 is 12.8. The zero-order valence-corrected chi connectivity index (χ0v) is 13.3. The topological polar surface area (TPSA) is 66.4 Å². The Kier molecular flexibility index (Phi) is 4.88. The second-order valence-electron chi connectivity index (χ2n) is 4.40. The molecule has 0 saturated carbocycles. The Morgan fingerprint density at radius 3 is 2.62 bits per heavy atom. The zero-order chi connectivity index (χ0) is 15.6. The average molecular weight is 344 g/mol. The highest BCUT2D eigenvalue weighted by atomic mass is 35.5. The number of aromatic carboxylic acids is 1. The fraction of sp³-hybridized carbons (Fsp3) is 0.143. The minimum atomic E-state index is -1.06. The van der Waals surface area contributed by atoms with Crippen molar-refractivity contribution in [2.24, 2.45) is 0 Å². The van der Waals surface area contributed by atoms with Gasteiger partial charge in [-0.25, -0.2) is 4.79 Å². The fourth-order valence-electron chi connectivity index (χ4n) is 1.78. The van der Waals surface area contributed by atoms with Crippen molar-refractivity contribution in [2.75, 3.05) is 5.32 Å². The van der Waals surface area contributed by atoms with E-state index in [0.29, 0.717) is 21.3 Å².